The van der Waals surface area contributed by atoms with Gasteiger partial charge in [0.15, 0.2) is 6.10 Å². The Morgan fingerprint density at radius 1 is 0.300 bits per heavy atom. The molecule has 0 aliphatic carbocycles. The van der Waals surface area contributed by atoms with Crippen LogP contribution in [0.5, 0.6) is 0 Å². The van der Waals surface area contributed by atoms with Crippen molar-refractivity contribution >= 4 is 17.9 Å². The first-order chi connectivity index (χ1) is 34.5. The van der Waals surface area contributed by atoms with E-state index in [1.165, 1.54) is 186 Å². The smallest absolute Gasteiger partial charge is 0.306 e. The van der Waals surface area contributed by atoms with Crippen molar-refractivity contribution in [2.24, 2.45) is 0 Å². The van der Waals surface area contributed by atoms with Gasteiger partial charge in [0.2, 0.25) is 0 Å². The van der Waals surface area contributed by atoms with Gasteiger partial charge in [-0.05, 0) is 64.2 Å². The van der Waals surface area contributed by atoms with E-state index in [0.29, 0.717) is 19.3 Å². The summed E-state index contributed by atoms with van der Waals surface area (Å²) in [7, 11) is 0. The molecule has 0 aromatic rings. The van der Waals surface area contributed by atoms with Crippen molar-refractivity contribution in [2.45, 2.75) is 316 Å². The summed E-state index contributed by atoms with van der Waals surface area (Å²) in [4.78, 5) is 38.0. The van der Waals surface area contributed by atoms with Crippen LogP contribution in [0.2, 0.25) is 0 Å². The Balaban J connectivity index is 4.16. The molecule has 0 aromatic carbocycles. The molecule has 6 heteroatoms. The Labute approximate surface area is 434 Å². The zero-order valence-electron chi connectivity index (χ0n) is 46.5. The van der Waals surface area contributed by atoms with Gasteiger partial charge in [0.1, 0.15) is 13.2 Å². The fraction of sp³-hybridized carbons (Fsp3) is 0.797. The third-order valence-electron chi connectivity index (χ3n) is 13.3. The minimum Gasteiger partial charge on any atom is -0.462 e. The van der Waals surface area contributed by atoms with Gasteiger partial charge in [-0.3, -0.25) is 14.4 Å². The van der Waals surface area contributed by atoms with Gasteiger partial charge in [0.05, 0.1) is 0 Å². The van der Waals surface area contributed by atoms with Crippen molar-refractivity contribution in [1.82, 2.24) is 0 Å². The van der Waals surface area contributed by atoms with Gasteiger partial charge in [-0.1, -0.05) is 287 Å². The van der Waals surface area contributed by atoms with Crippen LogP contribution in [0, 0.1) is 0 Å². The minimum atomic E-state index is -0.813. The van der Waals surface area contributed by atoms with Crippen LogP contribution in [-0.4, -0.2) is 37.2 Å². The molecule has 0 amide bonds. The second kappa shape index (κ2) is 58.7. The zero-order valence-corrected chi connectivity index (χ0v) is 46.5. The molecular weight excluding hydrogens is 865 g/mol. The SMILES string of the molecule is CC/C=C\C/C=C\C/C=C\C/C=C\CCC(=O)OC(COC(=O)CCCCCCC/C=C\CCCC)COC(=O)CCCCCCCCCCCCCCCCCCCCCCCCCCCCCC. The zero-order chi connectivity index (χ0) is 50.7. The largest absolute Gasteiger partial charge is 0.462 e. The maximum absolute atomic E-state index is 12.8. The molecule has 0 aliphatic rings. The number of carbonyl (C=O) groups is 3. The lowest BCUT2D eigenvalue weighted by molar-refractivity contribution is -0.166. The average Bonchev–Trinajstić information content (AvgIpc) is 3.36. The maximum Gasteiger partial charge on any atom is 0.306 e. The van der Waals surface area contributed by atoms with E-state index in [-0.39, 0.29) is 37.5 Å². The average molecular weight is 980 g/mol. The molecule has 0 fully saturated rings. The lowest BCUT2D eigenvalue weighted by Crippen LogP contribution is -2.30. The van der Waals surface area contributed by atoms with Gasteiger partial charge in [-0.25, -0.2) is 0 Å². The van der Waals surface area contributed by atoms with Gasteiger partial charge in [-0.15, -0.1) is 0 Å². The molecule has 0 N–H and O–H groups in total. The fourth-order valence-electron chi connectivity index (χ4n) is 8.73. The van der Waals surface area contributed by atoms with Crippen LogP contribution in [0.1, 0.15) is 310 Å². The van der Waals surface area contributed by atoms with E-state index in [2.05, 4.69) is 75.5 Å². The lowest BCUT2D eigenvalue weighted by Gasteiger charge is -2.18. The third-order valence-corrected chi connectivity index (χ3v) is 13.3. The molecule has 1 atom stereocenters. The molecule has 6 nitrogen and oxygen atoms in total. The van der Waals surface area contributed by atoms with Crippen molar-refractivity contribution in [2.75, 3.05) is 13.2 Å². The molecule has 406 valence electrons. The van der Waals surface area contributed by atoms with Crippen LogP contribution in [0.3, 0.4) is 0 Å². The Bertz CT molecular complexity index is 1260. The highest BCUT2D eigenvalue weighted by Crippen LogP contribution is 2.17. The van der Waals surface area contributed by atoms with E-state index in [0.717, 1.165) is 77.0 Å². The van der Waals surface area contributed by atoms with E-state index >= 15 is 0 Å². The summed E-state index contributed by atoms with van der Waals surface area (Å²) < 4.78 is 16.8. The van der Waals surface area contributed by atoms with Crippen molar-refractivity contribution in [3.8, 4) is 0 Å². The van der Waals surface area contributed by atoms with Gasteiger partial charge in [0, 0.05) is 19.3 Å². The number of hydrogen-bond donors (Lipinski definition) is 0. The second-order valence-electron chi connectivity index (χ2n) is 20.2. The Morgan fingerprint density at radius 3 is 0.971 bits per heavy atom. The van der Waals surface area contributed by atoms with Crippen LogP contribution < -0.4 is 0 Å². The van der Waals surface area contributed by atoms with Gasteiger partial charge >= 0.3 is 17.9 Å². The van der Waals surface area contributed by atoms with Crippen LogP contribution in [0.15, 0.2) is 60.8 Å². The van der Waals surface area contributed by atoms with Crippen LogP contribution in [0.25, 0.3) is 0 Å². The van der Waals surface area contributed by atoms with E-state index in [1.54, 1.807) is 0 Å². The number of carbonyl (C=O) groups excluding carboxylic acids is 3. The van der Waals surface area contributed by atoms with Gasteiger partial charge in [0.25, 0.3) is 0 Å². The van der Waals surface area contributed by atoms with Gasteiger partial charge < -0.3 is 14.2 Å². The highest BCUT2D eigenvalue weighted by Gasteiger charge is 2.19. The summed E-state index contributed by atoms with van der Waals surface area (Å²) >= 11 is 0. The first-order valence-electron chi connectivity index (χ1n) is 30.3. The molecule has 0 bridgehead atoms. The summed E-state index contributed by atoms with van der Waals surface area (Å²) in [5.41, 5.74) is 0. The topological polar surface area (TPSA) is 78.9 Å². The number of hydrogen-bond acceptors (Lipinski definition) is 6. The van der Waals surface area contributed by atoms with Crippen molar-refractivity contribution in [3.05, 3.63) is 60.8 Å². The summed E-state index contributed by atoms with van der Waals surface area (Å²) in [6, 6.07) is 0. The monoisotopic (exact) mass is 979 g/mol. The molecule has 0 radical (unpaired) electrons. The highest BCUT2D eigenvalue weighted by molar-refractivity contribution is 5.71. The molecular formula is C64H114O6. The standard InChI is InChI=1S/C64H114O6/c1-4-7-10-13-16-19-22-24-25-26-27-28-29-30-31-32-33-34-35-36-37-38-40-42-45-48-51-54-57-63(66)69-60-61(59-68-62(65)56-53-50-47-44-41-21-18-15-12-9-6-3)70-64(67)58-55-52-49-46-43-39-23-20-17-14-11-8-5-2/h8,11,15,17-18,20,39,43,49,52,61H,4-7,9-10,12-14,16,19,21-38,40-42,44-48,50-51,53-60H2,1-3H3/b11-8-,18-15-,20-17-,43-39-,52-49-. The highest BCUT2D eigenvalue weighted by atomic mass is 16.6. The molecule has 0 aromatic heterocycles. The number of ether oxygens (including phenoxy) is 3. The lowest BCUT2D eigenvalue weighted by atomic mass is 10.0. The Kier molecular flexibility index (Phi) is 56.3. The van der Waals surface area contributed by atoms with E-state index in [1.807, 2.05) is 6.08 Å². The van der Waals surface area contributed by atoms with Crippen molar-refractivity contribution < 1.29 is 28.6 Å². The molecule has 0 rings (SSSR count). The van der Waals surface area contributed by atoms with Crippen molar-refractivity contribution in [3.63, 3.8) is 0 Å². The molecule has 70 heavy (non-hydrogen) atoms. The number of esters is 3. The van der Waals surface area contributed by atoms with Crippen LogP contribution in [0.4, 0.5) is 0 Å². The molecule has 1 unspecified atom stereocenters. The van der Waals surface area contributed by atoms with E-state index in [9.17, 15) is 14.4 Å². The normalized spacial score (nSPS) is 12.4. The van der Waals surface area contributed by atoms with Crippen molar-refractivity contribution in [1.29, 1.82) is 0 Å². The maximum atomic E-state index is 12.8. The van der Waals surface area contributed by atoms with E-state index < -0.39 is 6.10 Å². The Morgan fingerprint density at radius 2 is 0.600 bits per heavy atom. The van der Waals surface area contributed by atoms with Gasteiger partial charge in [-0.2, -0.15) is 0 Å². The minimum absolute atomic E-state index is 0.103. The Hall–Kier alpha value is -2.89. The molecule has 0 saturated heterocycles. The predicted octanol–water partition coefficient (Wildman–Crippen LogP) is 20.4. The predicted molar refractivity (Wildman–Crippen MR) is 302 cm³/mol. The molecule has 0 aliphatic heterocycles. The molecule has 0 saturated carbocycles. The van der Waals surface area contributed by atoms with E-state index in [4.69, 9.17) is 14.2 Å². The summed E-state index contributed by atoms with van der Waals surface area (Å²) in [5, 5.41) is 0. The first kappa shape index (κ1) is 67.1. The number of rotatable bonds is 55. The number of allylic oxidation sites excluding steroid dienone is 10. The van der Waals surface area contributed by atoms with Crippen LogP contribution in [-0.2, 0) is 28.6 Å². The molecule has 0 heterocycles. The second-order valence-corrected chi connectivity index (χ2v) is 20.2. The van der Waals surface area contributed by atoms with Crippen LogP contribution >= 0.6 is 0 Å². The summed E-state index contributed by atoms with van der Waals surface area (Å²) in [6.07, 6.45) is 74.1. The fourth-order valence-corrected chi connectivity index (χ4v) is 8.73. The quantitative estimate of drug-likeness (QED) is 0.0261. The number of unbranched alkanes of at least 4 members (excludes halogenated alkanes) is 34. The summed E-state index contributed by atoms with van der Waals surface area (Å²) in [5.74, 6) is -0.985. The summed E-state index contributed by atoms with van der Waals surface area (Å²) in [6.45, 7) is 6.45. The molecule has 0 spiro atoms. The third kappa shape index (κ3) is 56.0. The first-order valence-corrected chi connectivity index (χ1v) is 30.3.